The van der Waals surface area contributed by atoms with Crippen LogP contribution < -0.4 is 5.32 Å². The van der Waals surface area contributed by atoms with E-state index in [2.05, 4.69) is 32.8 Å². The summed E-state index contributed by atoms with van der Waals surface area (Å²) in [5.74, 6) is 0. The molecule has 1 N–H and O–H groups in total. The van der Waals surface area contributed by atoms with Gasteiger partial charge >= 0.3 is 0 Å². The van der Waals surface area contributed by atoms with Crippen molar-refractivity contribution in [3.63, 3.8) is 0 Å². The molecule has 0 fully saturated rings. The van der Waals surface area contributed by atoms with Crippen molar-refractivity contribution in [2.75, 3.05) is 5.32 Å². The lowest BCUT2D eigenvalue weighted by atomic mass is 10.0. The molecule has 3 aromatic rings. The van der Waals surface area contributed by atoms with Gasteiger partial charge in [-0.2, -0.15) is 4.98 Å². The van der Waals surface area contributed by atoms with Gasteiger partial charge in [0.25, 0.3) is 6.01 Å². The number of aryl methyl sites for hydroxylation is 1. The van der Waals surface area contributed by atoms with E-state index in [1.54, 1.807) is 11.3 Å². The minimum absolute atomic E-state index is 0.545. The molecule has 0 atom stereocenters. The fraction of sp³-hybridized carbons (Fsp3) is 0.176. The zero-order valence-electron chi connectivity index (χ0n) is 12.2. The fourth-order valence-corrected chi connectivity index (χ4v) is 3.16. The molecule has 0 saturated carbocycles. The number of allylic oxidation sites excluding steroid dienone is 4. The number of nitrogens with zero attached hydrogens (tertiary/aromatic N) is 2. The van der Waals surface area contributed by atoms with Crippen LogP contribution in [0, 0.1) is 6.92 Å². The highest BCUT2D eigenvalue weighted by molar-refractivity contribution is 7.09. The summed E-state index contributed by atoms with van der Waals surface area (Å²) in [4.78, 5) is 9.01. The summed E-state index contributed by atoms with van der Waals surface area (Å²) in [7, 11) is 0. The molecule has 0 radical (unpaired) electrons. The average Bonchev–Trinajstić information content (AvgIpc) is 3.13. The standard InChI is InChI=1S/C17H15N3OS/c1-11-18-15(10-22-11)12-5-4-6-13(9-12)19-17-20-14-7-2-3-8-16(14)21-17/h2-3,5,7-10H,4,6H2,1H3,(H,19,20). The van der Waals surface area contributed by atoms with Gasteiger partial charge in [-0.25, -0.2) is 4.98 Å². The van der Waals surface area contributed by atoms with E-state index in [1.807, 2.05) is 31.2 Å². The molecule has 110 valence electrons. The van der Waals surface area contributed by atoms with E-state index in [-0.39, 0.29) is 0 Å². The van der Waals surface area contributed by atoms with Crippen LogP contribution in [0.2, 0.25) is 0 Å². The zero-order valence-corrected chi connectivity index (χ0v) is 13.0. The normalized spacial score (nSPS) is 14.8. The lowest BCUT2D eigenvalue weighted by Crippen LogP contribution is -2.03. The first-order chi connectivity index (χ1) is 10.8. The summed E-state index contributed by atoms with van der Waals surface area (Å²) < 4.78 is 5.72. The highest BCUT2D eigenvalue weighted by Crippen LogP contribution is 2.28. The molecule has 5 heteroatoms. The van der Waals surface area contributed by atoms with Gasteiger partial charge in [-0.1, -0.05) is 18.2 Å². The number of para-hydroxylation sites is 2. The van der Waals surface area contributed by atoms with Gasteiger partial charge in [0, 0.05) is 11.1 Å². The highest BCUT2D eigenvalue weighted by Gasteiger charge is 2.12. The maximum atomic E-state index is 5.72. The number of rotatable bonds is 3. The fourth-order valence-electron chi connectivity index (χ4n) is 2.54. The molecular weight excluding hydrogens is 294 g/mol. The quantitative estimate of drug-likeness (QED) is 0.757. The van der Waals surface area contributed by atoms with Gasteiger partial charge in [0.1, 0.15) is 5.52 Å². The topological polar surface area (TPSA) is 51.0 Å². The summed E-state index contributed by atoms with van der Waals surface area (Å²) >= 11 is 1.67. The van der Waals surface area contributed by atoms with Crippen molar-refractivity contribution in [2.45, 2.75) is 19.8 Å². The zero-order chi connectivity index (χ0) is 14.9. The molecule has 1 aromatic carbocycles. The predicted molar refractivity (Wildman–Crippen MR) is 89.8 cm³/mol. The molecule has 0 aliphatic heterocycles. The Bertz CT molecular complexity index is 855. The average molecular weight is 309 g/mol. The Hall–Kier alpha value is -2.40. The molecule has 4 nitrogen and oxygen atoms in total. The first-order valence-electron chi connectivity index (χ1n) is 7.24. The molecule has 0 bridgehead atoms. The van der Waals surface area contributed by atoms with Crippen molar-refractivity contribution in [3.05, 3.63) is 58.2 Å². The van der Waals surface area contributed by atoms with Crippen molar-refractivity contribution in [1.29, 1.82) is 0 Å². The number of fused-ring (bicyclic) bond motifs is 1. The van der Waals surface area contributed by atoms with Crippen molar-refractivity contribution in [2.24, 2.45) is 0 Å². The number of hydrogen-bond donors (Lipinski definition) is 1. The van der Waals surface area contributed by atoms with Crippen LogP contribution in [-0.2, 0) is 0 Å². The lowest BCUT2D eigenvalue weighted by Gasteiger charge is -2.12. The van der Waals surface area contributed by atoms with Gasteiger partial charge in [0.2, 0.25) is 0 Å². The van der Waals surface area contributed by atoms with Crippen LogP contribution in [0.1, 0.15) is 23.5 Å². The third-order valence-electron chi connectivity index (χ3n) is 3.58. The second-order valence-corrected chi connectivity index (χ2v) is 6.29. The lowest BCUT2D eigenvalue weighted by molar-refractivity contribution is 0.619. The molecule has 2 heterocycles. The predicted octanol–water partition coefficient (Wildman–Crippen LogP) is 4.77. The molecule has 0 amide bonds. The van der Waals surface area contributed by atoms with Crippen LogP contribution in [0.5, 0.6) is 0 Å². The maximum absolute atomic E-state index is 5.72. The summed E-state index contributed by atoms with van der Waals surface area (Å²) in [5.41, 5.74) is 4.97. The Labute approximate surface area is 132 Å². The number of hydrogen-bond acceptors (Lipinski definition) is 5. The van der Waals surface area contributed by atoms with Gasteiger partial charge in [-0.05, 0) is 43.5 Å². The maximum Gasteiger partial charge on any atom is 0.300 e. The Morgan fingerprint density at radius 2 is 2.14 bits per heavy atom. The van der Waals surface area contributed by atoms with Crippen LogP contribution in [-0.4, -0.2) is 9.97 Å². The molecule has 0 spiro atoms. The Morgan fingerprint density at radius 3 is 2.95 bits per heavy atom. The number of aromatic nitrogens is 2. The summed E-state index contributed by atoms with van der Waals surface area (Å²) in [6.07, 6.45) is 6.30. The van der Waals surface area contributed by atoms with E-state index in [1.165, 1.54) is 0 Å². The molecular formula is C17H15N3OS. The smallest absolute Gasteiger partial charge is 0.300 e. The number of thiazole rings is 1. The van der Waals surface area contributed by atoms with Gasteiger partial charge in [0.15, 0.2) is 5.58 Å². The van der Waals surface area contributed by atoms with Crippen molar-refractivity contribution in [1.82, 2.24) is 9.97 Å². The minimum atomic E-state index is 0.545. The Morgan fingerprint density at radius 1 is 1.23 bits per heavy atom. The number of oxazole rings is 1. The van der Waals surface area contributed by atoms with Gasteiger partial charge in [-0.15, -0.1) is 11.3 Å². The van der Waals surface area contributed by atoms with Gasteiger partial charge in [0.05, 0.1) is 10.7 Å². The summed E-state index contributed by atoms with van der Waals surface area (Å²) in [6.45, 7) is 2.03. The minimum Gasteiger partial charge on any atom is -0.423 e. The summed E-state index contributed by atoms with van der Waals surface area (Å²) in [6, 6.07) is 8.32. The number of benzene rings is 1. The van der Waals surface area contributed by atoms with Crippen LogP contribution >= 0.6 is 11.3 Å². The number of anilines is 1. The van der Waals surface area contributed by atoms with Crippen LogP contribution in [0.25, 0.3) is 16.7 Å². The van der Waals surface area contributed by atoms with E-state index in [0.717, 1.165) is 45.9 Å². The monoisotopic (exact) mass is 309 g/mol. The van der Waals surface area contributed by atoms with Crippen molar-refractivity contribution in [3.8, 4) is 0 Å². The van der Waals surface area contributed by atoms with Crippen LogP contribution in [0.4, 0.5) is 6.01 Å². The molecule has 1 aliphatic carbocycles. The van der Waals surface area contributed by atoms with Gasteiger partial charge in [-0.3, -0.25) is 0 Å². The summed E-state index contributed by atoms with van der Waals surface area (Å²) in [5, 5.41) is 6.48. The van der Waals surface area contributed by atoms with Crippen LogP contribution in [0.15, 0.2) is 51.9 Å². The second kappa shape index (κ2) is 5.42. The number of nitrogens with one attached hydrogen (secondary N) is 1. The molecule has 22 heavy (non-hydrogen) atoms. The van der Waals surface area contributed by atoms with Crippen LogP contribution in [0.3, 0.4) is 0 Å². The third kappa shape index (κ3) is 2.55. The molecule has 2 aromatic heterocycles. The van der Waals surface area contributed by atoms with Crippen molar-refractivity contribution < 1.29 is 4.42 Å². The molecule has 1 aliphatic rings. The SMILES string of the molecule is Cc1nc(C2=CCCC(Nc3nc4ccccc4o3)=C2)cs1. The van der Waals surface area contributed by atoms with E-state index in [9.17, 15) is 0 Å². The van der Waals surface area contributed by atoms with E-state index >= 15 is 0 Å². The third-order valence-corrected chi connectivity index (χ3v) is 4.36. The molecule has 4 rings (SSSR count). The first kappa shape index (κ1) is 13.3. The Kier molecular flexibility index (Phi) is 3.27. The Balaban J connectivity index is 1.59. The van der Waals surface area contributed by atoms with E-state index in [4.69, 9.17) is 4.42 Å². The highest BCUT2D eigenvalue weighted by atomic mass is 32.1. The van der Waals surface area contributed by atoms with Gasteiger partial charge < -0.3 is 9.73 Å². The molecule has 0 unspecified atom stereocenters. The van der Waals surface area contributed by atoms with E-state index in [0.29, 0.717) is 6.01 Å². The van der Waals surface area contributed by atoms with Crippen molar-refractivity contribution >= 4 is 34.0 Å². The first-order valence-corrected chi connectivity index (χ1v) is 8.12. The second-order valence-electron chi connectivity index (χ2n) is 5.23. The largest absolute Gasteiger partial charge is 0.423 e. The van der Waals surface area contributed by atoms with E-state index < -0.39 is 0 Å². The molecule has 0 saturated heterocycles.